The van der Waals surface area contributed by atoms with Gasteiger partial charge in [0, 0.05) is 6.54 Å². The number of nitrogens with zero attached hydrogens (tertiary/aromatic N) is 1. The first kappa shape index (κ1) is 12.9. The predicted molar refractivity (Wildman–Crippen MR) is 79.5 cm³/mol. The Morgan fingerprint density at radius 1 is 1.28 bits per heavy atom. The molecule has 1 heterocycles. The molecule has 1 aromatic heterocycles. The summed E-state index contributed by atoms with van der Waals surface area (Å²) in [5.74, 6) is 0.815. The van der Waals surface area contributed by atoms with Gasteiger partial charge in [-0.15, -0.1) is 0 Å². The second-order valence-electron chi connectivity index (χ2n) is 4.07. The van der Waals surface area contributed by atoms with Gasteiger partial charge in [0.1, 0.15) is 5.82 Å². The summed E-state index contributed by atoms with van der Waals surface area (Å²) in [5, 5.41) is 3.32. The van der Waals surface area contributed by atoms with E-state index < -0.39 is 0 Å². The molecule has 0 saturated heterocycles. The van der Waals surface area contributed by atoms with E-state index in [0.717, 1.165) is 23.3 Å². The summed E-state index contributed by atoms with van der Waals surface area (Å²) in [6.07, 6.45) is 2.69. The topological polar surface area (TPSA) is 50.9 Å². The van der Waals surface area contributed by atoms with Crippen LogP contribution in [0, 0.1) is 0 Å². The molecule has 0 aliphatic heterocycles. The van der Waals surface area contributed by atoms with Crippen molar-refractivity contribution < 1.29 is 0 Å². The Kier molecular flexibility index (Phi) is 4.20. The SMILES string of the molecule is CCc1ccccc1CNc1ncc(N)cc1Br. The van der Waals surface area contributed by atoms with Crippen LogP contribution in [0.3, 0.4) is 0 Å². The molecule has 2 rings (SSSR count). The summed E-state index contributed by atoms with van der Waals surface area (Å²) >= 11 is 3.45. The average molecular weight is 306 g/mol. The van der Waals surface area contributed by atoms with Crippen LogP contribution in [0.2, 0.25) is 0 Å². The van der Waals surface area contributed by atoms with Crippen molar-refractivity contribution in [2.45, 2.75) is 19.9 Å². The van der Waals surface area contributed by atoms with Crippen LogP contribution in [0.1, 0.15) is 18.1 Å². The first-order valence-corrected chi connectivity index (χ1v) is 6.71. The van der Waals surface area contributed by atoms with Gasteiger partial charge in [0.2, 0.25) is 0 Å². The van der Waals surface area contributed by atoms with Crippen LogP contribution >= 0.6 is 15.9 Å². The van der Waals surface area contributed by atoms with Crippen LogP contribution in [0.15, 0.2) is 41.0 Å². The largest absolute Gasteiger partial charge is 0.397 e. The number of hydrogen-bond donors (Lipinski definition) is 2. The van der Waals surface area contributed by atoms with Crippen LogP contribution in [-0.2, 0) is 13.0 Å². The highest BCUT2D eigenvalue weighted by atomic mass is 79.9. The van der Waals surface area contributed by atoms with Crippen LogP contribution in [-0.4, -0.2) is 4.98 Å². The van der Waals surface area contributed by atoms with Gasteiger partial charge < -0.3 is 11.1 Å². The lowest BCUT2D eigenvalue weighted by Crippen LogP contribution is -2.04. The van der Waals surface area contributed by atoms with E-state index in [9.17, 15) is 0 Å². The monoisotopic (exact) mass is 305 g/mol. The minimum Gasteiger partial charge on any atom is -0.397 e. The molecule has 4 heteroatoms. The fourth-order valence-corrected chi connectivity index (χ4v) is 2.34. The standard InChI is InChI=1S/C14H16BrN3/c1-2-10-5-3-4-6-11(10)8-17-14-13(15)7-12(16)9-18-14/h3-7,9H,2,8,16H2,1H3,(H,17,18). The highest BCUT2D eigenvalue weighted by Crippen LogP contribution is 2.22. The third-order valence-electron chi connectivity index (χ3n) is 2.81. The zero-order chi connectivity index (χ0) is 13.0. The second-order valence-corrected chi connectivity index (χ2v) is 4.93. The quantitative estimate of drug-likeness (QED) is 0.907. The lowest BCUT2D eigenvalue weighted by molar-refractivity contribution is 1.03. The summed E-state index contributed by atoms with van der Waals surface area (Å²) in [5.41, 5.74) is 8.97. The van der Waals surface area contributed by atoms with Gasteiger partial charge in [-0.3, -0.25) is 0 Å². The molecule has 0 saturated carbocycles. The minimum absolute atomic E-state index is 0.654. The maximum atomic E-state index is 5.66. The Morgan fingerprint density at radius 3 is 2.67 bits per heavy atom. The molecule has 0 unspecified atom stereocenters. The molecular weight excluding hydrogens is 290 g/mol. The van der Waals surface area contributed by atoms with Gasteiger partial charge in [0.05, 0.1) is 16.4 Å². The third kappa shape index (κ3) is 3.01. The predicted octanol–water partition coefficient (Wildman–Crippen LogP) is 3.60. The smallest absolute Gasteiger partial charge is 0.140 e. The Hall–Kier alpha value is -1.55. The van der Waals surface area contributed by atoms with Crippen molar-refractivity contribution in [3.63, 3.8) is 0 Å². The molecular formula is C14H16BrN3. The van der Waals surface area contributed by atoms with Gasteiger partial charge >= 0.3 is 0 Å². The summed E-state index contributed by atoms with van der Waals surface area (Å²) in [6, 6.07) is 10.3. The van der Waals surface area contributed by atoms with Gasteiger partial charge in [-0.2, -0.15) is 0 Å². The van der Waals surface area contributed by atoms with Crippen molar-refractivity contribution in [2.75, 3.05) is 11.1 Å². The normalized spacial score (nSPS) is 10.3. The van der Waals surface area contributed by atoms with Crippen molar-refractivity contribution in [1.29, 1.82) is 0 Å². The van der Waals surface area contributed by atoms with E-state index in [2.05, 4.69) is 57.4 Å². The van der Waals surface area contributed by atoms with Crippen molar-refractivity contribution in [3.8, 4) is 0 Å². The number of anilines is 2. The first-order chi connectivity index (χ1) is 8.70. The van der Waals surface area contributed by atoms with Crippen molar-refractivity contribution in [2.24, 2.45) is 0 Å². The zero-order valence-electron chi connectivity index (χ0n) is 10.3. The lowest BCUT2D eigenvalue weighted by atomic mass is 10.1. The number of pyridine rings is 1. The van der Waals surface area contributed by atoms with Crippen molar-refractivity contribution in [3.05, 3.63) is 52.1 Å². The van der Waals surface area contributed by atoms with Crippen molar-refractivity contribution in [1.82, 2.24) is 4.98 Å². The lowest BCUT2D eigenvalue weighted by Gasteiger charge is -2.11. The van der Waals surface area contributed by atoms with E-state index in [0.29, 0.717) is 5.69 Å². The Bertz CT molecular complexity index is 540. The summed E-state index contributed by atoms with van der Waals surface area (Å²) in [4.78, 5) is 4.27. The molecule has 94 valence electrons. The number of hydrogen-bond acceptors (Lipinski definition) is 3. The molecule has 0 aliphatic rings. The van der Waals surface area contributed by atoms with Crippen LogP contribution in [0.4, 0.5) is 11.5 Å². The number of benzene rings is 1. The number of halogens is 1. The van der Waals surface area contributed by atoms with Gasteiger partial charge in [0.15, 0.2) is 0 Å². The van der Waals surface area contributed by atoms with E-state index in [4.69, 9.17) is 5.73 Å². The third-order valence-corrected chi connectivity index (χ3v) is 3.41. The summed E-state index contributed by atoms with van der Waals surface area (Å²) in [6.45, 7) is 2.93. The molecule has 0 radical (unpaired) electrons. The van der Waals surface area contributed by atoms with Gasteiger partial charge in [-0.1, -0.05) is 31.2 Å². The number of aryl methyl sites for hydroxylation is 1. The number of rotatable bonds is 4. The molecule has 0 bridgehead atoms. The minimum atomic E-state index is 0.654. The zero-order valence-corrected chi connectivity index (χ0v) is 11.9. The number of aromatic nitrogens is 1. The van der Waals surface area contributed by atoms with Crippen molar-refractivity contribution >= 4 is 27.4 Å². The molecule has 18 heavy (non-hydrogen) atoms. The van der Waals surface area contributed by atoms with E-state index in [1.54, 1.807) is 6.20 Å². The number of nitrogens with two attached hydrogens (primary N) is 1. The molecule has 0 atom stereocenters. The molecule has 0 amide bonds. The fourth-order valence-electron chi connectivity index (χ4n) is 1.84. The van der Waals surface area contributed by atoms with Gasteiger partial charge in [-0.25, -0.2) is 4.98 Å². The molecule has 0 fully saturated rings. The van der Waals surface area contributed by atoms with E-state index in [1.807, 2.05) is 6.07 Å². The van der Waals surface area contributed by atoms with Crippen LogP contribution in [0.25, 0.3) is 0 Å². The van der Waals surface area contributed by atoms with Gasteiger partial charge in [-0.05, 0) is 39.5 Å². The van der Waals surface area contributed by atoms with Crippen LogP contribution in [0.5, 0.6) is 0 Å². The summed E-state index contributed by atoms with van der Waals surface area (Å²) in [7, 11) is 0. The molecule has 3 nitrogen and oxygen atoms in total. The molecule has 0 aliphatic carbocycles. The van der Waals surface area contributed by atoms with E-state index in [-0.39, 0.29) is 0 Å². The number of nitrogen functional groups attached to an aromatic ring is 1. The Labute approximate surface area is 116 Å². The van der Waals surface area contributed by atoms with E-state index in [1.165, 1.54) is 11.1 Å². The van der Waals surface area contributed by atoms with Gasteiger partial charge in [0.25, 0.3) is 0 Å². The second kappa shape index (κ2) is 5.87. The number of nitrogens with one attached hydrogen (secondary N) is 1. The average Bonchev–Trinajstić information content (AvgIpc) is 2.38. The maximum Gasteiger partial charge on any atom is 0.140 e. The maximum absolute atomic E-state index is 5.66. The molecule has 2 aromatic rings. The molecule has 3 N–H and O–H groups in total. The molecule has 0 spiro atoms. The molecule has 1 aromatic carbocycles. The Morgan fingerprint density at radius 2 is 2.00 bits per heavy atom. The van der Waals surface area contributed by atoms with Crippen LogP contribution < -0.4 is 11.1 Å². The highest BCUT2D eigenvalue weighted by Gasteiger charge is 2.03. The summed E-state index contributed by atoms with van der Waals surface area (Å²) < 4.78 is 0.886. The first-order valence-electron chi connectivity index (χ1n) is 5.92. The highest BCUT2D eigenvalue weighted by molar-refractivity contribution is 9.10. The Balaban J connectivity index is 2.11. The van der Waals surface area contributed by atoms with E-state index >= 15 is 0 Å². The fraction of sp³-hybridized carbons (Fsp3) is 0.214.